The molecule has 2 rings (SSSR count). The van der Waals surface area contributed by atoms with E-state index < -0.39 is 0 Å². The number of ether oxygens (including phenoxy) is 2. The van der Waals surface area contributed by atoms with E-state index in [2.05, 4.69) is 6.92 Å². The van der Waals surface area contributed by atoms with Gasteiger partial charge in [-0.1, -0.05) is 42.8 Å². The highest BCUT2D eigenvalue weighted by molar-refractivity contribution is 6.33. The number of rotatable bonds is 9. The van der Waals surface area contributed by atoms with Crippen LogP contribution in [0.1, 0.15) is 32.6 Å². The van der Waals surface area contributed by atoms with E-state index >= 15 is 0 Å². The minimum atomic E-state index is 0.600. The average Bonchev–Trinajstić information content (AvgIpc) is 2.54. The third-order valence-corrected chi connectivity index (χ3v) is 3.95. The third-order valence-electron chi connectivity index (χ3n) is 3.40. The summed E-state index contributed by atoms with van der Waals surface area (Å²) in [4.78, 5) is 0. The number of benzene rings is 2. The molecule has 0 aliphatic rings. The molecule has 0 unspecified atom stereocenters. The Morgan fingerprint density at radius 3 is 2.45 bits per heavy atom. The Hall–Kier alpha value is -1.12. The second kappa shape index (κ2) is 9.12. The Labute approximate surface area is 142 Å². The maximum Gasteiger partial charge on any atom is 0.145 e. The van der Waals surface area contributed by atoms with Crippen molar-refractivity contribution < 1.29 is 9.47 Å². The van der Waals surface area contributed by atoms with Crippen molar-refractivity contribution in [1.82, 2.24) is 0 Å². The molecule has 0 saturated carbocycles. The van der Waals surface area contributed by atoms with E-state index in [1.54, 1.807) is 0 Å². The van der Waals surface area contributed by atoms with Gasteiger partial charge in [0.1, 0.15) is 11.5 Å². The molecule has 0 heterocycles. The quantitative estimate of drug-likeness (QED) is 0.407. The van der Waals surface area contributed by atoms with Crippen molar-refractivity contribution >= 4 is 34.0 Å². The zero-order valence-electron chi connectivity index (χ0n) is 12.9. The Bertz CT molecular complexity index is 599. The van der Waals surface area contributed by atoms with E-state index in [9.17, 15) is 0 Å². The second-order valence-corrected chi connectivity index (χ2v) is 5.96. The Morgan fingerprint density at radius 1 is 0.955 bits per heavy atom. The Kier molecular flexibility index (Phi) is 7.14. The largest absolute Gasteiger partial charge is 0.493 e. The molecular formula is C18H22Cl2O2. The SMILES string of the molecule is CCCOc1c(Cl)cc(OCCCCCCl)c2ccccc12. The van der Waals surface area contributed by atoms with E-state index in [1.807, 2.05) is 30.3 Å². The average molecular weight is 341 g/mol. The van der Waals surface area contributed by atoms with E-state index in [-0.39, 0.29) is 0 Å². The summed E-state index contributed by atoms with van der Waals surface area (Å²) in [6.07, 6.45) is 4.04. The lowest BCUT2D eigenvalue weighted by Gasteiger charge is -2.15. The van der Waals surface area contributed by atoms with Gasteiger partial charge in [0, 0.05) is 22.7 Å². The van der Waals surface area contributed by atoms with Gasteiger partial charge in [-0.15, -0.1) is 11.6 Å². The van der Waals surface area contributed by atoms with Crippen LogP contribution >= 0.6 is 23.2 Å². The van der Waals surface area contributed by atoms with Crippen LogP contribution in [0.15, 0.2) is 30.3 Å². The third kappa shape index (κ3) is 4.44. The molecule has 0 spiro atoms. The number of hydrogen-bond acceptors (Lipinski definition) is 2. The van der Waals surface area contributed by atoms with Gasteiger partial charge in [0.2, 0.25) is 0 Å². The highest BCUT2D eigenvalue weighted by Crippen LogP contribution is 2.39. The fraction of sp³-hybridized carbons (Fsp3) is 0.444. The normalized spacial score (nSPS) is 10.9. The second-order valence-electron chi connectivity index (χ2n) is 5.18. The van der Waals surface area contributed by atoms with E-state index in [0.717, 1.165) is 48.0 Å². The molecule has 0 aromatic heterocycles. The molecule has 0 N–H and O–H groups in total. The van der Waals surface area contributed by atoms with Crippen LogP contribution in [-0.4, -0.2) is 19.1 Å². The van der Waals surface area contributed by atoms with E-state index in [1.165, 1.54) is 0 Å². The zero-order valence-corrected chi connectivity index (χ0v) is 14.4. The first-order valence-corrected chi connectivity index (χ1v) is 8.72. The van der Waals surface area contributed by atoms with Gasteiger partial charge < -0.3 is 9.47 Å². The minimum absolute atomic E-state index is 0.600. The monoisotopic (exact) mass is 340 g/mol. The number of alkyl halides is 1. The summed E-state index contributed by atoms with van der Waals surface area (Å²) in [5, 5.41) is 2.64. The van der Waals surface area contributed by atoms with Crippen LogP contribution in [0.3, 0.4) is 0 Å². The van der Waals surface area contributed by atoms with Gasteiger partial charge in [-0.3, -0.25) is 0 Å². The van der Waals surface area contributed by atoms with Crippen LogP contribution < -0.4 is 9.47 Å². The summed E-state index contributed by atoms with van der Waals surface area (Å²) in [6.45, 7) is 3.41. The molecule has 2 aromatic rings. The molecule has 22 heavy (non-hydrogen) atoms. The van der Waals surface area contributed by atoms with Crippen LogP contribution in [0.2, 0.25) is 5.02 Å². The fourth-order valence-electron chi connectivity index (χ4n) is 2.31. The number of unbranched alkanes of at least 4 members (excludes halogenated alkanes) is 2. The first-order valence-electron chi connectivity index (χ1n) is 7.80. The molecule has 2 aromatic carbocycles. The van der Waals surface area contributed by atoms with E-state index in [0.29, 0.717) is 24.1 Å². The minimum Gasteiger partial charge on any atom is -0.493 e. The highest BCUT2D eigenvalue weighted by atomic mass is 35.5. The zero-order chi connectivity index (χ0) is 15.8. The molecule has 2 nitrogen and oxygen atoms in total. The molecule has 0 atom stereocenters. The molecule has 4 heteroatoms. The van der Waals surface area contributed by atoms with Crippen molar-refractivity contribution in [3.8, 4) is 11.5 Å². The number of halogens is 2. The Balaban J connectivity index is 2.20. The summed E-state index contributed by atoms with van der Waals surface area (Å²) in [5.74, 6) is 2.27. The smallest absolute Gasteiger partial charge is 0.145 e. The summed E-state index contributed by atoms with van der Waals surface area (Å²) in [5.41, 5.74) is 0. The fourth-order valence-corrected chi connectivity index (χ4v) is 2.75. The lowest BCUT2D eigenvalue weighted by molar-refractivity contribution is 0.307. The van der Waals surface area contributed by atoms with Gasteiger partial charge in [-0.25, -0.2) is 0 Å². The summed E-state index contributed by atoms with van der Waals surface area (Å²) < 4.78 is 11.7. The summed E-state index contributed by atoms with van der Waals surface area (Å²) in [7, 11) is 0. The number of hydrogen-bond donors (Lipinski definition) is 0. The molecule has 120 valence electrons. The van der Waals surface area contributed by atoms with Gasteiger partial charge in [0.25, 0.3) is 0 Å². The Morgan fingerprint density at radius 2 is 1.73 bits per heavy atom. The van der Waals surface area contributed by atoms with Crippen LogP contribution in [0.4, 0.5) is 0 Å². The van der Waals surface area contributed by atoms with Crippen molar-refractivity contribution in [2.75, 3.05) is 19.1 Å². The molecule has 0 radical (unpaired) electrons. The molecule has 0 aliphatic carbocycles. The number of fused-ring (bicyclic) bond motifs is 1. The van der Waals surface area contributed by atoms with E-state index in [4.69, 9.17) is 32.7 Å². The lowest BCUT2D eigenvalue weighted by Crippen LogP contribution is -2.01. The lowest BCUT2D eigenvalue weighted by atomic mass is 10.1. The summed E-state index contributed by atoms with van der Waals surface area (Å²) in [6, 6.07) is 9.91. The van der Waals surface area contributed by atoms with Crippen LogP contribution in [0, 0.1) is 0 Å². The highest BCUT2D eigenvalue weighted by Gasteiger charge is 2.12. The van der Waals surface area contributed by atoms with Crippen molar-refractivity contribution in [3.63, 3.8) is 0 Å². The molecule has 0 amide bonds. The van der Waals surface area contributed by atoms with Crippen molar-refractivity contribution in [2.45, 2.75) is 32.6 Å². The van der Waals surface area contributed by atoms with Crippen molar-refractivity contribution in [2.24, 2.45) is 0 Å². The van der Waals surface area contributed by atoms with Crippen molar-refractivity contribution in [3.05, 3.63) is 35.4 Å². The topological polar surface area (TPSA) is 18.5 Å². The first-order chi connectivity index (χ1) is 10.8. The molecule has 0 fully saturated rings. The predicted octanol–water partition coefficient (Wildman–Crippen LogP) is 6.07. The maximum absolute atomic E-state index is 6.38. The van der Waals surface area contributed by atoms with Crippen molar-refractivity contribution in [1.29, 1.82) is 0 Å². The van der Waals surface area contributed by atoms with Crippen LogP contribution in [-0.2, 0) is 0 Å². The van der Waals surface area contributed by atoms with Gasteiger partial charge in [-0.05, 0) is 25.7 Å². The first kappa shape index (κ1) is 17.2. The van der Waals surface area contributed by atoms with Crippen LogP contribution in [0.25, 0.3) is 10.8 Å². The maximum atomic E-state index is 6.38. The van der Waals surface area contributed by atoms with Gasteiger partial charge in [-0.2, -0.15) is 0 Å². The molecule has 0 bridgehead atoms. The van der Waals surface area contributed by atoms with Gasteiger partial charge in [0.15, 0.2) is 0 Å². The van der Waals surface area contributed by atoms with Gasteiger partial charge >= 0.3 is 0 Å². The predicted molar refractivity (Wildman–Crippen MR) is 94.8 cm³/mol. The van der Waals surface area contributed by atoms with Gasteiger partial charge in [0.05, 0.1) is 18.2 Å². The molecular weight excluding hydrogens is 319 g/mol. The van der Waals surface area contributed by atoms with Crippen LogP contribution in [0.5, 0.6) is 11.5 Å². The standard InChI is InChI=1S/C18H22Cl2O2/c1-2-11-22-18-15-9-5-4-8-14(15)17(13-16(18)20)21-12-7-3-6-10-19/h4-5,8-9,13H,2-3,6-7,10-12H2,1H3. The molecule has 0 aliphatic heterocycles. The summed E-state index contributed by atoms with van der Waals surface area (Å²) >= 11 is 12.1. The molecule has 0 saturated heterocycles.